The minimum Gasteiger partial charge on any atom is -0.369 e. The van der Waals surface area contributed by atoms with E-state index in [4.69, 9.17) is 5.73 Å². The number of rotatable bonds is 3. The van der Waals surface area contributed by atoms with Gasteiger partial charge in [-0.25, -0.2) is 0 Å². The Labute approximate surface area is 139 Å². The summed E-state index contributed by atoms with van der Waals surface area (Å²) < 4.78 is 0. The van der Waals surface area contributed by atoms with Gasteiger partial charge in [0.05, 0.1) is 0 Å². The van der Waals surface area contributed by atoms with E-state index >= 15 is 0 Å². The number of nitrogens with one attached hydrogen (secondary N) is 1. The molecule has 2 amide bonds. The van der Waals surface area contributed by atoms with E-state index in [1.807, 2.05) is 30.3 Å². The van der Waals surface area contributed by atoms with Crippen LogP contribution >= 0.6 is 0 Å². The lowest BCUT2D eigenvalue weighted by atomic mass is 9.96. The van der Waals surface area contributed by atoms with Crippen molar-refractivity contribution in [2.75, 3.05) is 13.1 Å². The van der Waals surface area contributed by atoms with Gasteiger partial charge < -0.3 is 15.6 Å². The van der Waals surface area contributed by atoms with Crippen LogP contribution in [0.5, 0.6) is 0 Å². The van der Waals surface area contributed by atoms with Crippen LogP contribution in [0.25, 0.3) is 11.3 Å². The lowest BCUT2D eigenvalue weighted by Gasteiger charge is -2.30. The van der Waals surface area contributed by atoms with Crippen LogP contribution in [0.3, 0.4) is 0 Å². The maximum Gasteiger partial charge on any atom is 0.261 e. The van der Waals surface area contributed by atoms with Crippen molar-refractivity contribution in [1.82, 2.24) is 9.88 Å². The number of carbonyl (C=O) groups is 2. The number of primary amides is 1. The molecule has 1 aliphatic heterocycles. The Morgan fingerprint density at radius 3 is 2.29 bits per heavy atom. The molecular weight excluding hydrogens is 306 g/mol. The third kappa shape index (κ3) is 3.22. The highest BCUT2D eigenvalue weighted by Crippen LogP contribution is 2.19. The molecule has 1 aromatic carbocycles. The summed E-state index contributed by atoms with van der Waals surface area (Å²) in [6.45, 7) is 0.874. The predicted molar refractivity (Wildman–Crippen MR) is 90.3 cm³/mol. The van der Waals surface area contributed by atoms with Crippen LogP contribution in [0, 0.1) is 5.92 Å². The van der Waals surface area contributed by atoms with Crippen molar-refractivity contribution in [2.24, 2.45) is 11.7 Å². The minimum absolute atomic E-state index is 0.118. The number of nitrogens with zero attached hydrogens (tertiary/aromatic N) is 1. The van der Waals surface area contributed by atoms with E-state index in [0.29, 0.717) is 31.6 Å². The molecule has 0 radical (unpaired) electrons. The summed E-state index contributed by atoms with van der Waals surface area (Å²) >= 11 is 0. The van der Waals surface area contributed by atoms with Crippen molar-refractivity contribution in [1.29, 1.82) is 0 Å². The van der Waals surface area contributed by atoms with Gasteiger partial charge >= 0.3 is 0 Å². The molecule has 0 saturated carbocycles. The smallest absolute Gasteiger partial charge is 0.261 e. The first-order chi connectivity index (χ1) is 11.6. The second-order valence-electron chi connectivity index (χ2n) is 5.95. The highest BCUT2D eigenvalue weighted by atomic mass is 16.2. The van der Waals surface area contributed by atoms with Crippen molar-refractivity contribution in [3.63, 3.8) is 0 Å². The molecule has 124 valence electrons. The van der Waals surface area contributed by atoms with Crippen LogP contribution < -0.4 is 11.3 Å². The number of hydrogen-bond donors (Lipinski definition) is 2. The van der Waals surface area contributed by atoms with Gasteiger partial charge in [-0.15, -0.1) is 0 Å². The van der Waals surface area contributed by atoms with E-state index in [-0.39, 0.29) is 23.3 Å². The van der Waals surface area contributed by atoms with Crippen molar-refractivity contribution in [3.8, 4) is 11.3 Å². The maximum absolute atomic E-state index is 12.5. The third-order valence-electron chi connectivity index (χ3n) is 4.41. The molecule has 6 heteroatoms. The number of H-pyrrole nitrogens is 1. The summed E-state index contributed by atoms with van der Waals surface area (Å²) in [4.78, 5) is 40.4. The highest BCUT2D eigenvalue weighted by molar-refractivity contribution is 5.94. The van der Waals surface area contributed by atoms with E-state index < -0.39 is 5.56 Å². The summed E-state index contributed by atoms with van der Waals surface area (Å²) in [5.41, 5.74) is 6.57. The summed E-state index contributed by atoms with van der Waals surface area (Å²) in [7, 11) is 0. The Bertz CT molecular complexity index is 806. The molecule has 1 aliphatic rings. The van der Waals surface area contributed by atoms with E-state index in [1.54, 1.807) is 17.0 Å². The van der Waals surface area contributed by atoms with E-state index in [9.17, 15) is 14.4 Å². The number of hydrogen-bond acceptors (Lipinski definition) is 3. The predicted octanol–water partition coefficient (Wildman–Crippen LogP) is 1.38. The second-order valence-corrected chi connectivity index (χ2v) is 5.95. The molecule has 0 bridgehead atoms. The highest BCUT2D eigenvalue weighted by Gasteiger charge is 2.27. The standard InChI is InChI=1S/C18H19N3O3/c19-16(22)13-8-10-21(11-9-13)18(24)14-6-7-15(20-17(14)23)12-4-2-1-3-5-12/h1-7,13H,8-11H2,(H2,19,22)(H,20,23). The molecule has 1 saturated heterocycles. The number of piperidine rings is 1. The van der Waals surface area contributed by atoms with Gasteiger partial charge in [-0.3, -0.25) is 14.4 Å². The van der Waals surface area contributed by atoms with Gasteiger partial charge in [0.1, 0.15) is 5.56 Å². The van der Waals surface area contributed by atoms with Crippen molar-refractivity contribution in [3.05, 3.63) is 58.4 Å². The van der Waals surface area contributed by atoms with Gasteiger partial charge in [-0.1, -0.05) is 30.3 Å². The first-order valence-electron chi connectivity index (χ1n) is 7.93. The Hall–Kier alpha value is -2.89. The topological polar surface area (TPSA) is 96.3 Å². The van der Waals surface area contributed by atoms with Crippen LogP contribution in [-0.2, 0) is 4.79 Å². The molecule has 0 unspecified atom stereocenters. The van der Waals surface area contributed by atoms with Crippen LogP contribution in [0.2, 0.25) is 0 Å². The largest absolute Gasteiger partial charge is 0.369 e. The first kappa shape index (κ1) is 16.0. The lowest BCUT2D eigenvalue weighted by molar-refractivity contribution is -0.123. The number of nitrogens with two attached hydrogens (primary N) is 1. The number of pyridine rings is 1. The average molecular weight is 325 g/mol. The molecule has 3 N–H and O–H groups in total. The quantitative estimate of drug-likeness (QED) is 0.892. The van der Waals surface area contributed by atoms with Crippen molar-refractivity contribution in [2.45, 2.75) is 12.8 Å². The van der Waals surface area contributed by atoms with Gasteiger partial charge in [0.15, 0.2) is 0 Å². The van der Waals surface area contributed by atoms with Crippen LogP contribution in [-0.4, -0.2) is 34.8 Å². The number of aromatic amines is 1. The molecule has 6 nitrogen and oxygen atoms in total. The summed E-state index contributed by atoms with van der Waals surface area (Å²) in [6.07, 6.45) is 1.09. The Morgan fingerprint density at radius 1 is 1.04 bits per heavy atom. The summed E-state index contributed by atoms with van der Waals surface area (Å²) in [6, 6.07) is 12.7. The molecule has 1 fully saturated rings. The number of carbonyl (C=O) groups excluding carboxylic acids is 2. The third-order valence-corrected chi connectivity index (χ3v) is 4.41. The monoisotopic (exact) mass is 325 g/mol. The van der Waals surface area contributed by atoms with Gasteiger partial charge in [0.2, 0.25) is 5.91 Å². The number of aromatic nitrogens is 1. The van der Waals surface area contributed by atoms with Crippen molar-refractivity contribution < 1.29 is 9.59 Å². The number of benzene rings is 1. The molecule has 1 aromatic heterocycles. The molecule has 24 heavy (non-hydrogen) atoms. The SMILES string of the molecule is NC(=O)C1CCN(C(=O)c2ccc(-c3ccccc3)[nH]c2=O)CC1. The zero-order chi connectivity index (χ0) is 17.1. The molecule has 3 rings (SSSR count). The summed E-state index contributed by atoms with van der Waals surface area (Å²) in [5, 5.41) is 0. The number of likely N-dealkylation sites (tertiary alicyclic amines) is 1. The Balaban J connectivity index is 1.77. The minimum atomic E-state index is -0.404. The second kappa shape index (κ2) is 6.70. The maximum atomic E-state index is 12.5. The zero-order valence-electron chi connectivity index (χ0n) is 13.2. The fourth-order valence-electron chi connectivity index (χ4n) is 2.97. The Kier molecular flexibility index (Phi) is 4.46. The van der Waals surface area contributed by atoms with Gasteiger partial charge in [0, 0.05) is 24.7 Å². The summed E-state index contributed by atoms with van der Waals surface area (Å²) in [5.74, 6) is -0.821. The molecule has 2 aromatic rings. The fraction of sp³-hybridized carbons (Fsp3) is 0.278. The molecule has 0 spiro atoms. The lowest BCUT2D eigenvalue weighted by Crippen LogP contribution is -2.43. The fourth-order valence-corrected chi connectivity index (χ4v) is 2.97. The Morgan fingerprint density at radius 2 is 1.71 bits per heavy atom. The number of amides is 2. The van der Waals surface area contributed by atoms with Crippen LogP contribution in [0.1, 0.15) is 23.2 Å². The zero-order valence-corrected chi connectivity index (χ0v) is 13.2. The van der Waals surface area contributed by atoms with Gasteiger partial charge in [-0.05, 0) is 30.5 Å². The van der Waals surface area contributed by atoms with Crippen molar-refractivity contribution >= 4 is 11.8 Å². The van der Waals surface area contributed by atoms with E-state index in [1.165, 1.54) is 0 Å². The van der Waals surface area contributed by atoms with Gasteiger partial charge in [0.25, 0.3) is 11.5 Å². The molecule has 2 heterocycles. The molecule has 0 aliphatic carbocycles. The first-order valence-corrected chi connectivity index (χ1v) is 7.93. The van der Waals surface area contributed by atoms with E-state index in [0.717, 1.165) is 5.56 Å². The van der Waals surface area contributed by atoms with Crippen LogP contribution in [0.15, 0.2) is 47.3 Å². The van der Waals surface area contributed by atoms with Gasteiger partial charge in [-0.2, -0.15) is 0 Å². The average Bonchev–Trinajstić information content (AvgIpc) is 2.62. The molecule has 0 atom stereocenters. The van der Waals surface area contributed by atoms with Crippen LogP contribution in [0.4, 0.5) is 0 Å². The normalized spacial score (nSPS) is 15.2. The van der Waals surface area contributed by atoms with E-state index in [2.05, 4.69) is 4.98 Å². The molecular formula is C18H19N3O3.